The third-order valence-corrected chi connectivity index (χ3v) is 2.86. The Bertz CT molecular complexity index is 697. The predicted molar refractivity (Wildman–Crippen MR) is 73.7 cm³/mol. The van der Waals surface area contributed by atoms with Gasteiger partial charge in [0.05, 0.1) is 10.4 Å². The number of hydrogen-bond donors (Lipinski definition) is 2. The zero-order chi connectivity index (χ0) is 14.9. The highest BCUT2D eigenvalue weighted by molar-refractivity contribution is 5.84. The molecule has 0 unspecified atom stereocenters. The Morgan fingerprint density at radius 3 is 2.65 bits per heavy atom. The monoisotopic (exact) mass is 275 g/mol. The molecule has 0 radical (unpaired) electrons. The number of carboxylic acid groups (broad SMARTS) is 1. The molecule has 20 heavy (non-hydrogen) atoms. The first-order valence-electron chi connectivity index (χ1n) is 5.86. The van der Waals surface area contributed by atoms with Gasteiger partial charge in [-0.05, 0) is 32.0 Å². The average molecular weight is 275 g/mol. The summed E-state index contributed by atoms with van der Waals surface area (Å²) < 4.78 is 0. The molecule has 104 valence electrons. The maximum absolute atomic E-state index is 11.0. The second kappa shape index (κ2) is 4.76. The molecule has 0 bridgehead atoms. The summed E-state index contributed by atoms with van der Waals surface area (Å²) in [5, 5.41) is 23.2. The number of carboxylic acids is 1. The minimum atomic E-state index is -1.15. The lowest BCUT2D eigenvalue weighted by molar-refractivity contribution is -0.384. The molecule has 1 aromatic carbocycles. The first kappa shape index (κ1) is 13.7. The SMILES string of the molecule is CC(C)(Nc1ccc2cc([N+](=O)[O-])ccc2n1)C(=O)O. The number of non-ortho nitro benzene ring substituents is 1. The highest BCUT2D eigenvalue weighted by atomic mass is 16.6. The average Bonchev–Trinajstić information content (AvgIpc) is 2.37. The van der Waals surface area contributed by atoms with E-state index in [2.05, 4.69) is 10.3 Å². The van der Waals surface area contributed by atoms with Crippen LogP contribution in [0, 0.1) is 10.1 Å². The van der Waals surface area contributed by atoms with Gasteiger partial charge in [0, 0.05) is 17.5 Å². The van der Waals surface area contributed by atoms with Crippen LogP contribution in [0.5, 0.6) is 0 Å². The van der Waals surface area contributed by atoms with Crippen LogP contribution in [0.25, 0.3) is 10.9 Å². The van der Waals surface area contributed by atoms with Crippen molar-refractivity contribution in [1.29, 1.82) is 0 Å². The van der Waals surface area contributed by atoms with Crippen LogP contribution in [0.3, 0.4) is 0 Å². The Hall–Kier alpha value is -2.70. The normalized spacial score (nSPS) is 11.3. The lowest BCUT2D eigenvalue weighted by Crippen LogP contribution is -2.40. The van der Waals surface area contributed by atoms with Crippen molar-refractivity contribution in [2.45, 2.75) is 19.4 Å². The fourth-order valence-corrected chi connectivity index (χ4v) is 1.67. The number of fused-ring (bicyclic) bond motifs is 1. The van der Waals surface area contributed by atoms with Gasteiger partial charge in [-0.25, -0.2) is 9.78 Å². The molecule has 0 amide bonds. The van der Waals surface area contributed by atoms with Crippen molar-refractivity contribution < 1.29 is 14.8 Å². The number of aromatic nitrogens is 1. The number of benzene rings is 1. The lowest BCUT2D eigenvalue weighted by atomic mass is 10.1. The van der Waals surface area contributed by atoms with Crippen LogP contribution in [0.15, 0.2) is 30.3 Å². The third-order valence-electron chi connectivity index (χ3n) is 2.86. The van der Waals surface area contributed by atoms with Crippen molar-refractivity contribution >= 4 is 28.4 Å². The molecule has 0 aliphatic rings. The minimum absolute atomic E-state index is 0.00845. The van der Waals surface area contributed by atoms with Gasteiger partial charge >= 0.3 is 5.97 Å². The van der Waals surface area contributed by atoms with Crippen molar-refractivity contribution in [1.82, 2.24) is 4.98 Å². The van der Waals surface area contributed by atoms with E-state index in [4.69, 9.17) is 5.11 Å². The zero-order valence-electron chi connectivity index (χ0n) is 11.0. The Morgan fingerprint density at radius 1 is 1.35 bits per heavy atom. The summed E-state index contributed by atoms with van der Waals surface area (Å²) >= 11 is 0. The van der Waals surface area contributed by atoms with E-state index in [9.17, 15) is 14.9 Å². The van der Waals surface area contributed by atoms with E-state index in [0.29, 0.717) is 16.7 Å². The summed E-state index contributed by atoms with van der Waals surface area (Å²) in [6.07, 6.45) is 0. The van der Waals surface area contributed by atoms with Gasteiger partial charge in [0.2, 0.25) is 0 Å². The van der Waals surface area contributed by atoms with Crippen LogP contribution < -0.4 is 5.32 Å². The molecular weight excluding hydrogens is 262 g/mol. The van der Waals surface area contributed by atoms with Gasteiger partial charge in [0.25, 0.3) is 5.69 Å². The molecule has 2 aromatic rings. The number of pyridine rings is 1. The van der Waals surface area contributed by atoms with Gasteiger partial charge < -0.3 is 10.4 Å². The Labute approximate surface area is 114 Å². The van der Waals surface area contributed by atoms with E-state index >= 15 is 0 Å². The zero-order valence-corrected chi connectivity index (χ0v) is 11.0. The summed E-state index contributed by atoms with van der Waals surface area (Å²) in [5.41, 5.74) is -0.603. The summed E-state index contributed by atoms with van der Waals surface area (Å²) in [7, 11) is 0. The predicted octanol–water partition coefficient (Wildman–Crippen LogP) is 2.42. The van der Waals surface area contributed by atoms with Gasteiger partial charge in [0.15, 0.2) is 0 Å². The molecule has 2 rings (SSSR count). The number of rotatable bonds is 4. The summed E-state index contributed by atoms with van der Waals surface area (Å²) in [6.45, 7) is 3.05. The van der Waals surface area contributed by atoms with E-state index in [1.165, 1.54) is 32.0 Å². The fraction of sp³-hybridized carbons (Fsp3) is 0.231. The largest absolute Gasteiger partial charge is 0.480 e. The number of hydrogen-bond acceptors (Lipinski definition) is 5. The molecule has 7 nitrogen and oxygen atoms in total. The first-order chi connectivity index (χ1) is 9.29. The standard InChI is InChI=1S/C13H13N3O4/c1-13(2,12(17)18)15-11-6-3-8-7-9(16(19)20)4-5-10(8)14-11/h3-7H,1-2H3,(H,14,15)(H,17,18). The maximum Gasteiger partial charge on any atom is 0.328 e. The molecule has 0 aliphatic heterocycles. The van der Waals surface area contributed by atoms with Gasteiger partial charge in [-0.2, -0.15) is 0 Å². The van der Waals surface area contributed by atoms with Gasteiger partial charge in [0.1, 0.15) is 11.4 Å². The Kier molecular flexibility index (Phi) is 3.27. The molecular formula is C13H13N3O4. The molecule has 0 atom stereocenters. The molecule has 0 saturated heterocycles. The molecule has 1 aromatic heterocycles. The van der Waals surface area contributed by atoms with Crippen molar-refractivity contribution in [2.75, 3.05) is 5.32 Å². The molecule has 0 aliphatic carbocycles. The first-order valence-corrected chi connectivity index (χ1v) is 5.86. The topological polar surface area (TPSA) is 105 Å². The fourth-order valence-electron chi connectivity index (χ4n) is 1.67. The maximum atomic E-state index is 11.0. The number of aliphatic carboxylic acids is 1. The minimum Gasteiger partial charge on any atom is -0.480 e. The molecule has 0 fully saturated rings. The highest BCUT2D eigenvalue weighted by Gasteiger charge is 2.27. The van der Waals surface area contributed by atoms with Gasteiger partial charge in [-0.15, -0.1) is 0 Å². The highest BCUT2D eigenvalue weighted by Crippen LogP contribution is 2.22. The number of nitrogens with one attached hydrogen (secondary N) is 1. The summed E-state index contributed by atoms with van der Waals surface area (Å²) in [4.78, 5) is 25.5. The Morgan fingerprint density at radius 2 is 2.05 bits per heavy atom. The smallest absolute Gasteiger partial charge is 0.328 e. The molecule has 0 saturated carbocycles. The quantitative estimate of drug-likeness (QED) is 0.655. The Balaban J connectivity index is 2.38. The van der Waals surface area contributed by atoms with Gasteiger partial charge in [-0.1, -0.05) is 0 Å². The van der Waals surface area contributed by atoms with E-state index in [0.717, 1.165) is 0 Å². The molecule has 2 N–H and O–H groups in total. The third kappa shape index (κ3) is 2.66. The van der Waals surface area contributed by atoms with Crippen molar-refractivity contribution in [2.24, 2.45) is 0 Å². The van der Waals surface area contributed by atoms with Gasteiger partial charge in [-0.3, -0.25) is 10.1 Å². The summed E-state index contributed by atoms with van der Waals surface area (Å²) in [6, 6.07) is 7.58. The van der Waals surface area contributed by atoms with E-state index < -0.39 is 16.4 Å². The molecule has 7 heteroatoms. The molecule has 1 heterocycles. The number of anilines is 1. The number of carbonyl (C=O) groups is 1. The van der Waals surface area contributed by atoms with Crippen molar-refractivity contribution in [3.63, 3.8) is 0 Å². The van der Waals surface area contributed by atoms with Crippen LogP contribution >= 0.6 is 0 Å². The number of nitrogens with zero attached hydrogens (tertiary/aromatic N) is 2. The summed E-state index contributed by atoms with van der Waals surface area (Å²) in [5.74, 6) is -0.596. The van der Waals surface area contributed by atoms with Crippen molar-refractivity contribution in [3.8, 4) is 0 Å². The van der Waals surface area contributed by atoms with E-state index in [-0.39, 0.29) is 5.69 Å². The second-order valence-corrected chi connectivity index (χ2v) is 4.89. The number of nitro groups is 1. The van der Waals surface area contributed by atoms with Crippen LogP contribution in [-0.4, -0.2) is 26.5 Å². The van der Waals surface area contributed by atoms with Crippen molar-refractivity contribution in [3.05, 3.63) is 40.4 Å². The number of nitro benzene ring substituents is 1. The van der Waals surface area contributed by atoms with Crippen LogP contribution in [0.2, 0.25) is 0 Å². The van der Waals surface area contributed by atoms with E-state index in [1.807, 2.05) is 0 Å². The lowest BCUT2D eigenvalue weighted by Gasteiger charge is -2.21. The molecule has 0 spiro atoms. The van der Waals surface area contributed by atoms with Crippen LogP contribution in [0.4, 0.5) is 11.5 Å². The van der Waals surface area contributed by atoms with E-state index in [1.54, 1.807) is 12.1 Å². The van der Waals surface area contributed by atoms with Crippen LogP contribution in [0.1, 0.15) is 13.8 Å². The second-order valence-electron chi connectivity index (χ2n) is 4.89. The van der Waals surface area contributed by atoms with Crippen LogP contribution in [-0.2, 0) is 4.79 Å².